The van der Waals surface area contributed by atoms with Gasteiger partial charge in [0.15, 0.2) is 12.6 Å². The molecule has 3 fully saturated rings. The molecule has 0 saturated carbocycles. The van der Waals surface area contributed by atoms with Crippen LogP contribution in [-0.2, 0) is 28.4 Å². The lowest BCUT2D eigenvalue weighted by Gasteiger charge is -2.42. The highest BCUT2D eigenvalue weighted by Crippen LogP contribution is 2.29. The Morgan fingerprint density at radius 3 is 1.09 bits per heavy atom. The molecular weight excluding hydrogens is 869 g/mol. The number of aliphatic hydroxyl groups excluding tert-OH is 7. The van der Waals surface area contributed by atoms with Crippen LogP contribution in [0, 0.1) is 47.3 Å². The van der Waals surface area contributed by atoms with Gasteiger partial charge in [-0.25, -0.2) is 0 Å². The SMILES string of the molecule is CC1CCC[C@@H](C)CCC[C@@H](C)CCC[C@@H](C)CCOCC(CO[C@@H]2O[C@H](CO[C@@H]3O[C@H](CO)[C@@H](O)[C@H](O)[C@H]3O)[C@@H](O)[C@H](O)[C@H]2O)OCC[C@H](C)CCC[C@H](C)CCC[C@H](C)CCC[C@H](C)CC1. The third-order valence-electron chi connectivity index (χ3n) is 15.9. The fraction of sp³-hybridized carbons (Fsp3) is 1.00. The van der Waals surface area contributed by atoms with Crippen LogP contribution in [-0.4, -0.2) is 143 Å². The largest absolute Gasteiger partial charge is 0.394 e. The second-order valence-electron chi connectivity index (χ2n) is 23.0. The molecule has 7 N–H and O–H groups in total. The Bertz CT molecular complexity index is 1230. The summed E-state index contributed by atoms with van der Waals surface area (Å²) < 4.78 is 35.5. The minimum atomic E-state index is -1.65. The van der Waals surface area contributed by atoms with E-state index >= 15 is 0 Å². The van der Waals surface area contributed by atoms with E-state index in [4.69, 9.17) is 28.4 Å². The normalized spacial score (nSPS) is 42.0. The highest BCUT2D eigenvalue weighted by Gasteiger charge is 2.47. The molecule has 3 rings (SSSR count). The number of hydrogen-bond acceptors (Lipinski definition) is 13. The summed E-state index contributed by atoms with van der Waals surface area (Å²) in [5.74, 6) is 5.82. The van der Waals surface area contributed by atoms with Crippen molar-refractivity contribution in [1.82, 2.24) is 0 Å². The molecule has 0 aromatic carbocycles. The minimum absolute atomic E-state index is 0.000109. The third-order valence-corrected chi connectivity index (χ3v) is 15.9. The van der Waals surface area contributed by atoms with Crippen LogP contribution in [0.1, 0.15) is 197 Å². The summed E-state index contributed by atoms with van der Waals surface area (Å²) in [6, 6.07) is 0. The van der Waals surface area contributed by atoms with Crippen LogP contribution >= 0.6 is 0 Å². The monoisotopic (exact) mass is 975 g/mol. The van der Waals surface area contributed by atoms with Gasteiger partial charge in [0.05, 0.1) is 26.4 Å². The van der Waals surface area contributed by atoms with Gasteiger partial charge in [-0.1, -0.05) is 184 Å². The van der Waals surface area contributed by atoms with E-state index in [1.54, 1.807) is 0 Å². The van der Waals surface area contributed by atoms with Crippen LogP contribution < -0.4 is 0 Å². The van der Waals surface area contributed by atoms with E-state index in [2.05, 4.69) is 55.4 Å². The molecule has 0 amide bonds. The third kappa shape index (κ3) is 24.5. The van der Waals surface area contributed by atoms with E-state index in [1.165, 1.54) is 122 Å². The van der Waals surface area contributed by atoms with E-state index in [9.17, 15) is 35.7 Å². The molecule has 404 valence electrons. The highest BCUT2D eigenvalue weighted by atomic mass is 16.7. The second-order valence-corrected chi connectivity index (χ2v) is 23.0. The maximum Gasteiger partial charge on any atom is 0.186 e. The maximum atomic E-state index is 10.9. The van der Waals surface area contributed by atoms with E-state index in [-0.39, 0.29) is 13.2 Å². The molecule has 0 aliphatic carbocycles. The van der Waals surface area contributed by atoms with Crippen molar-refractivity contribution in [1.29, 1.82) is 0 Å². The molecule has 68 heavy (non-hydrogen) atoms. The van der Waals surface area contributed by atoms with E-state index in [0.29, 0.717) is 25.0 Å². The summed E-state index contributed by atoms with van der Waals surface area (Å²) in [5, 5.41) is 72.7. The van der Waals surface area contributed by atoms with Gasteiger partial charge in [-0.3, -0.25) is 0 Å². The second kappa shape index (κ2) is 34.8. The first kappa shape index (κ1) is 61.8. The predicted molar refractivity (Wildman–Crippen MR) is 268 cm³/mol. The lowest BCUT2D eigenvalue weighted by Crippen LogP contribution is -2.61. The summed E-state index contributed by atoms with van der Waals surface area (Å²) in [6.45, 7) is 19.6. The Hall–Kier alpha value is -0.520. The molecule has 0 aromatic rings. The number of rotatable bonds is 7. The molecule has 13 heteroatoms. The first-order valence-electron chi connectivity index (χ1n) is 27.9. The molecular formula is C55H106O13. The highest BCUT2D eigenvalue weighted by molar-refractivity contribution is 4.92. The first-order valence-corrected chi connectivity index (χ1v) is 27.9. The molecule has 0 aromatic heterocycles. The van der Waals surface area contributed by atoms with E-state index < -0.39 is 80.7 Å². The fourth-order valence-electron chi connectivity index (χ4n) is 10.5. The van der Waals surface area contributed by atoms with Gasteiger partial charge < -0.3 is 64.2 Å². The zero-order chi connectivity index (χ0) is 50.0. The first-order chi connectivity index (χ1) is 32.5. The van der Waals surface area contributed by atoms with E-state index in [1.807, 2.05) is 0 Å². The zero-order valence-electron chi connectivity index (χ0n) is 44.3. The van der Waals surface area contributed by atoms with Gasteiger partial charge in [0.25, 0.3) is 0 Å². The Morgan fingerprint density at radius 1 is 0.368 bits per heavy atom. The Kier molecular flexibility index (Phi) is 31.6. The van der Waals surface area contributed by atoms with Crippen LogP contribution in [0.5, 0.6) is 0 Å². The van der Waals surface area contributed by atoms with Gasteiger partial charge in [0.1, 0.15) is 54.9 Å². The summed E-state index contributed by atoms with van der Waals surface area (Å²) in [7, 11) is 0. The lowest BCUT2D eigenvalue weighted by atomic mass is 9.88. The van der Waals surface area contributed by atoms with Crippen LogP contribution in [0.4, 0.5) is 0 Å². The van der Waals surface area contributed by atoms with Gasteiger partial charge >= 0.3 is 0 Å². The number of ether oxygens (including phenoxy) is 6. The van der Waals surface area contributed by atoms with Crippen molar-refractivity contribution in [3.05, 3.63) is 0 Å². The Morgan fingerprint density at radius 2 is 0.691 bits per heavy atom. The molecule has 0 spiro atoms. The van der Waals surface area contributed by atoms with Crippen molar-refractivity contribution < 1.29 is 64.2 Å². The van der Waals surface area contributed by atoms with Crippen LogP contribution in [0.3, 0.4) is 0 Å². The standard InChI is InChI=1S/C55H106O13/c1-37-15-9-17-39(3)21-13-25-43(7)29-31-63-34-45(35-65-54-53(62)51(60)49(58)47(68-54)36-66-55-52(61)50(59)48(57)46(33-56)67-55)64-32-30-44(8)26-14-22-40(4)18-10-16-38(2)20-12-24-42(6)28-27-41(5)23-11-19-37/h37-62H,9-36H2,1-8H3/t37-,38-,39+,40+,41?,42-,43+,44+,45?,46+,47+,48+,49+,50-,51-,52+,53+,54+,55+/m0/s1. The lowest BCUT2D eigenvalue weighted by molar-refractivity contribution is -0.333. The van der Waals surface area contributed by atoms with Crippen molar-refractivity contribution in [2.75, 3.05) is 39.6 Å². The van der Waals surface area contributed by atoms with E-state index in [0.717, 1.165) is 54.8 Å². The maximum absolute atomic E-state index is 10.9. The molecule has 3 aliphatic heterocycles. The summed E-state index contributed by atoms with van der Waals surface area (Å²) in [5.41, 5.74) is 0. The number of aliphatic hydroxyl groups is 7. The quantitative estimate of drug-likeness (QED) is 0.128. The molecule has 19 atom stereocenters. The molecule has 3 heterocycles. The topological polar surface area (TPSA) is 197 Å². The summed E-state index contributed by atoms with van der Waals surface area (Å²) in [4.78, 5) is 0. The summed E-state index contributed by atoms with van der Waals surface area (Å²) >= 11 is 0. The van der Waals surface area contributed by atoms with Gasteiger partial charge in [0.2, 0.25) is 0 Å². The van der Waals surface area contributed by atoms with Crippen molar-refractivity contribution >= 4 is 0 Å². The fourth-order valence-corrected chi connectivity index (χ4v) is 10.5. The van der Waals surface area contributed by atoms with Crippen LogP contribution in [0.25, 0.3) is 0 Å². The van der Waals surface area contributed by atoms with Gasteiger partial charge in [-0.15, -0.1) is 0 Å². The van der Waals surface area contributed by atoms with Gasteiger partial charge in [-0.2, -0.15) is 0 Å². The average Bonchev–Trinajstić information content (AvgIpc) is 3.30. The number of hydrogen-bond donors (Lipinski definition) is 7. The smallest absolute Gasteiger partial charge is 0.186 e. The molecule has 3 saturated heterocycles. The molecule has 13 nitrogen and oxygen atoms in total. The average molecular weight is 975 g/mol. The summed E-state index contributed by atoms with van der Waals surface area (Å²) in [6.07, 6.45) is 12.7. The van der Waals surface area contributed by atoms with Crippen molar-refractivity contribution in [3.8, 4) is 0 Å². The Labute approximate surface area is 414 Å². The Balaban J connectivity index is 1.54. The van der Waals surface area contributed by atoms with Crippen LogP contribution in [0.15, 0.2) is 0 Å². The van der Waals surface area contributed by atoms with Crippen molar-refractivity contribution in [2.45, 2.75) is 264 Å². The molecule has 0 radical (unpaired) electrons. The van der Waals surface area contributed by atoms with Gasteiger partial charge in [0, 0.05) is 13.2 Å². The van der Waals surface area contributed by atoms with Crippen LogP contribution in [0.2, 0.25) is 0 Å². The molecule has 2 unspecified atom stereocenters. The molecule has 3 aliphatic rings. The predicted octanol–water partition coefficient (Wildman–Crippen LogP) is 8.71. The zero-order valence-corrected chi connectivity index (χ0v) is 44.3. The van der Waals surface area contributed by atoms with Gasteiger partial charge in [-0.05, 0) is 60.2 Å². The molecule has 0 bridgehead atoms. The van der Waals surface area contributed by atoms with Crippen molar-refractivity contribution in [3.63, 3.8) is 0 Å². The van der Waals surface area contributed by atoms with Crippen molar-refractivity contribution in [2.24, 2.45) is 47.3 Å². The minimum Gasteiger partial charge on any atom is -0.394 e.